The van der Waals surface area contributed by atoms with E-state index >= 15 is 0 Å². The highest BCUT2D eigenvalue weighted by Crippen LogP contribution is 1.98. The molecule has 0 heterocycles. The van der Waals surface area contributed by atoms with Gasteiger partial charge in [-0.15, -0.1) is 0 Å². The molecule has 2 N–H and O–H groups in total. The predicted octanol–water partition coefficient (Wildman–Crippen LogP) is 1.19. The first kappa shape index (κ1) is 9.50. The van der Waals surface area contributed by atoms with Crippen molar-refractivity contribution in [1.29, 1.82) is 0 Å². The van der Waals surface area contributed by atoms with Gasteiger partial charge in [0.05, 0.1) is 0 Å². The summed E-state index contributed by atoms with van der Waals surface area (Å²) in [7, 11) is 2.09. The summed E-state index contributed by atoms with van der Waals surface area (Å²) in [5.41, 5.74) is 6.69. The molecular weight excluding hydrogens is 124 g/mol. The molecule has 0 saturated carbocycles. The van der Waals surface area contributed by atoms with Crippen molar-refractivity contribution in [1.82, 2.24) is 4.90 Å². The van der Waals surface area contributed by atoms with Crippen LogP contribution in [0.2, 0.25) is 0 Å². The number of allylic oxidation sites excluding steroid dienone is 2. The van der Waals surface area contributed by atoms with E-state index in [-0.39, 0.29) is 0 Å². The highest BCUT2D eigenvalue weighted by Gasteiger charge is 1.94. The lowest BCUT2D eigenvalue weighted by molar-refractivity contribution is 0.411. The van der Waals surface area contributed by atoms with Gasteiger partial charge in [-0.05, 0) is 26.8 Å². The third kappa shape index (κ3) is 3.51. The van der Waals surface area contributed by atoms with Crippen molar-refractivity contribution in [2.24, 2.45) is 5.73 Å². The Kier molecular flexibility index (Phi) is 5.03. The SMILES string of the molecule is C/C=C(\C)N(C)CCCN. The van der Waals surface area contributed by atoms with Crippen LogP contribution in [-0.4, -0.2) is 25.0 Å². The summed E-state index contributed by atoms with van der Waals surface area (Å²) < 4.78 is 0. The average molecular weight is 142 g/mol. The molecule has 0 aliphatic heterocycles. The molecule has 0 spiro atoms. The Labute approximate surface area is 63.7 Å². The Balaban J connectivity index is 3.51. The zero-order valence-corrected chi connectivity index (χ0v) is 7.22. The first-order valence-corrected chi connectivity index (χ1v) is 3.76. The molecule has 0 saturated heterocycles. The van der Waals surface area contributed by atoms with E-state index in [1.54, 1.807) is 0 Å². The Morgan fingerprint density at radius 2 is 2.20 bits per heavy atom. The second-order valence-corrected chi connectivity index (χ2v) is 2.49. The van der Waals surface area contributed by atoms with Crippen LogP contribution in [-0.2, 0) is 0 Å². The van der Waals surface area contributed by atoms with E-state index in [1.165, 1.54) is 5.70 Å². The molecule has 0 atom stereocenters. The molecule has 0 radical (unpaired) electrons. The molecule has 60 valence electrons. The fourth-order valence-corrected chi connectivity index (χ4v) is 0.725. The van der Waals surface area contributed by atoms with Crippen molar-refractivity contribution in [2.45, 2.75) is 20.3 Å². The van der Waals surface area contributed by atoms with Crippen molar-refractivity contribution >= 4 is 0 Å². The zero-order chi connectivity index (χ0) is 7.98. The van der Waals surface area contributed by atoms with E-state index in [2.05, 4.69) is 24.9 Å². The second-order valence-electron chi connectivity index (χ2n) is 2.49. The second kappa shape index (κ2) is 5.30. The van der Waals surface area contributed by atoms with Gasteiger partial charge in [-0.2, -0.15) is 0 Å². The Morgan fingerprint density at radius 1 is 1.60 bits per heavy atom. The van der Waals surface area contributed by atoms with Crippen LogP contribution in [0.25, 0.3) is 0 Å². The average Bonchev–Trinajstić information content (AvgIpc) is 1.98. The highest BCUT2D eigenvalue weighted by atomic mass is 15.1. The van der Waals surface area contributed by atoms with Gasteiger partial charge in [0.25, 0.3) is 0 Å². The molecule has 0 bridgehead atoms. The third-order valence-electron chi connectivity index (χ3n) is 1.72. The van der Waals surface area contributed by atoms with Crippen LogP contribution in [0.15, 0.2) is 11.8 Å². The zero-order valence-electron chi connectivity index (χ0n) is 7.22. The quantitative estimate of drug-likeness (QED) is 0.639. The van der Waals surface area contributed by atoms with Gasteiger partial charge in [0.1, 0.15) is 0 Å². The Bertz CT molecular complexity index is 108. The van der Waals surface area contributed by atoms with Crippen LogP contribution in [0, 0.1) is 0 Å². The largest absolute Gasteiger partial charge is 0.378 e. The lowest BCUT2D eigenvalue weighted by Gasteiger charge is -2.18. The molecule has 0 aromatic carbocycles. The topological polar surface area (TPSA) is 29.3 Å². The van der Waals surface area contributed by atoms with Crippen LogP contribution >= 0.6 is 0 Å². The molecule has 0 aromatic heterocycles. The molecule has 2 heteroatoms. The predicted molar refractivity (Wildman–Crippen MR) is 45.7 cm³/mol. The monoisotopic (exact) mass is 142 g/mol. The normalized spacial score (nSPS) is 11.8. The van der Waals surface area contributed by atoms with Crippen molar-refractivity contribution in [3.05, 3.63) is 11.8 Å². The lowest BCUT2D eigenvalue weighted by Crippen LogP contribution is -2.19. The first-order chi connectivity index (χ1) is 4.72. The van der Waals surface area contributed by atoms with Gasteiger partial charge in [-0.3, -0.25) is 0 Å². The molecule has 0 aliphatic rings. The summed E-state index contributed by atoms with van der Waals surface area (Å²) in [6, 6.07) is 0. The molecular formula is C8H18N2. The summed E-state index contributed by atoms with van der Waals surface area (Å²) in [5, 5.41) is 0. The Morgan fingerprint density at radius 3 is 2.60 bits per heavy atom. The van der Waals surface area contributed by atoms with Gasteiger partial charge in [0.15, 0.2) is 0 Å². The van der Waals surface area contributed by atoms with Crippen LogP contribution < -0.4 is 5.73 Å². The summed E-state index contributed by atoms with van der Waals surface area (Å²) in [6.45, 7) is 6.00. The van der Waals surface area contributed by atoms with Crippen LogP contribution in [0.5, 0.6) is 0 Å². The fourth-order valence-electron chi connectivity index (χ4n) is 0.725. The third-order valence-corrected chi connectivity index (χ3v) is 1.72. The van der Waals surface area contributed by atoms with E-state index < -0.39 is 0 Å². The minimum absolute atomic E-state index is 0.779. The van der Waals surface area contributed by atoms with E-state index in [9.17, 15) is 0 Å². The van der Waals surface area contributed by atoms with Crippen molar-refractivity contribution in [3.63, 3.8) is 0 Å². The van der Waals surface area contributed by atoms with Crippen LogP contribution in [0.4, 0.5) is 0 Å². The molecule has 0 aliphatic carbocycles. The lowest BCUT2D eigenvalue weighted by atomic mass is 10.3. The van der Waals surface area contributed by atoms with Crippen molar-refractivity contribution in [2.75, 3.05) is 20.1 Å². The Hall–Kier alpha value is -0.500. The van der Waals surface area contributed by atoms with Crippen molar-refractivity contribution < 1.29 is 0 Å². The molecule has 10 heavy (non-hydrogen) atoms. The minimum Gasteiger partial charge on any atom is -0.378 e. The molecule has 0 aromatic rings. The number of nitrogens with two attached hydrogens (primary N) is 1. The van der Waals surface area contributed by atoms with E-state index in [0.717, 1.165) is 19.5 Å². The number of hydrogen-bond acceptors (Lipinski definition) is 2. The maximum absolute atomic E-state index is 5.37. The summed E-state index contributed by atoms with van der Waals surface area (Å²) in [6.07, 6.45) is 3.18. The van der Waals surface area contributed by atoms with Gasteiger partial charge in [0.2, 0.25) is 0 Å². The molecule has 0 unspecified atom stereocenters. The highest BCUT2D eigenvalue weighted by molar-refractivity contribution is 4.93. The standard InChI is InChI=1S/C8H18N2/c1-4-8(2)10(3)7-5-6-9/h4H,5-7,9H2,1-3H3/b8-4+. The molecule has 0 rings (SSSR count). The first-order valence-electron chi connectivity index (χ1n) is 3.76. The van der Waals surface area contributed by atoms with Gasteiger partial charge in [-0.25, -0.2) is 0 Å². The smallest absolute Gasteiger partial charge is 0.0183 e. The summed E-state index contributed by atoms with van der Waals surface area (Å²) in [5.74, 6) is 0. The number of rotatable bonds is 4. The van der Waals surface area contributed by atoms with Gasteiger partial charge >= 0.3 is 0 Å². The minimum atomic E-state index is 0.779. The van der Waals surface area contributed by atoms with E-state index in [4.69, 9.17) is 5.73 Å². The van der Waals surface area contributed by atoms with Gasteiger partial charge in [0, 0.05) is 19.3 Å². The maximum atomic E-state index is 5.37. The van der Waals surface area contributed by atoms with Gasteiger partial charge in [-0.1, -0.05) is 6.08 Å². The van der Waals surface area contributed by atoms with E-state index in [0.29, 0.717) is 0 Å². The fraction of sp³-hybridized carbons (Fsp3) is 0.750. The molecule has 2 nitrogen and oxygen atoms in total. The number of hydrogen-bond donors (Lipinski definition) is 1. The summed E-state index contributed by atoms with van der Waals surface area (Å²) in [4.78, 5) is 2.22. The summed E-state index contributed by atoms with van der Waals surface area (Å²) >= 11 is 0. The molecule has 0 amide bonds. The van der Waals surface area contributed by atoms with Crippen molar-refractivity contribution in [3.8, 4) is 0 Å². The van der Waals surface area contributed by atoms with Crippen LogP contribution in [0.1, 0.15) is 20.3 Å². The maximum Gasteiger partial charge on any atom is 0.0183 e. The number of nitrogens with zero attached hydrogens (tertiary/aromatic N) is 1. The molecule has 0 fully saturated rings. The van der Waals surface area contributed by atoms with Gasteiger partial charge < -0.3 is 10.6 Å². The van der Waals surface area contributed by atoms with E-state index in [1.807, 2.05) is 6.92 Å². The van der Waals surface area contributed by atoms with Crippen LogP contribution in [0.3, 0.4) is 0 Å².